The number of terminal acetylenes is 1. The molecule has 0 aliphatic heterocycles. The van der Waals surface area contributed by atoms with E-state index in [1.165, 1.54) is 0 Å². The van der Waals surface area contributed by atoms with Crippen molar-refractivity contribution in [1.29, 1.82) is 0 Å². The van der Waals surface area contributed by atoms with Crippen molar-refractivity contribution in [3.63, 3.8) is 0 Å². The molecular formula is C12H10Cl2O. The average molecular weight is 241 g/mol. The molecular weight excluding hydrogens is 231 g/mol. The standard InChI is InChI=1S/C12H10Cl2O/c1-2-3-4-5-12(15)10-8-9(13)6-7-11(10)14/h1,6-8H,3-5H2. The Labute approximate surface area is 99.4 Å². The molecule has 1 nitrogen and oxygen atoms in total. The van der Waals surface area contributed by atoms with Gasteiger partial charge in [0.05, 0.1) is 5.02 Å². The summed E-state index contributed by atoms with van der Waals surface area (Å²) in [7, 11) is 0. The smallest absolute Gasteiger partial charge is 0.164 e. The number of carbonyl (C=O) groups is 1. The minimum absolute atomic E-state index is 0.0160. The highest BCUT2D eigenvalue weighted by Gasteiger charge is 2.10. The van der Waals surface area contributed by atoms with Crippen molar-refractivity contribution >= 4 is 29.0 Å². The van der Waals surface area contributed by atoms with E-state index in [-0.39, 0.29) is 5.78 Å². The summed E-state index contributed by atoms with van der Waals surface area (Å²) in [5.74, 6) is 2.47. The molecule has 78 valence electrons. The second-order valence-corrected chi connectivity index (χ2v) is 3.95. The Morgan fingerprint density at radius 3 is 2.80 bits per heavy atom. The molecule has 0 spiro atoms. The van der Waals surface area contributed by atoms with Gasteiger partial charge in [0, 0.05) is 23.4 Å². The molecule has 0 N–H and O–H groups in total. The molecule has 0 radical (unpaired) electrons. The Morgan fingerprint density at radius 1 is 1.40 bits per heavy atom. The fourth-order valence-electron chi connectivity index (χ4n) is 1.20. The quantitative estimate of drug-likeness (QED) is 0.442. The normalized spacial score (nSPS) is 9.67. The molecule has 0 saturated heterocycles. The van der Waals surface area contributed by atoms with Crippen LogP contribution in [0.1, 0.15) is 29.6 Å². The van der Waals surface area contributed by atoms with Gasteiger partial charge in [-0.15, -0.1) is 12.3 Å². The largest absolute Gasteiger partial charge is 0.294 e. The minimum Gasteiger partial charge on any atom is -0.294 e. The molecule has 1 aromatic carbocycles. The Morgan fingerprint density at radius 2 is 2.13 bits per heavy atom. The number of Topliss-reactive ketones (excluding diaryl/α,β-unsaturated/α-hetero) is 1. The fourth-order valence-corrected chi connectivity index (χ4v) is 1.59. The molecule has 1 rings (SSSR count). The van der Waals surface area contributed by atoms with Crippen molar-refractivity contribution in [1.82, 2.24) is 0 Å². The number of rotatable bonds is 4. The van der Waals surface area contributed by atoms with Gasteiger partial charge in [-0.2, -0.15) is 0 Å². The van der Waals surface area contributed by atoms with Crippen molar-refractivity contribution in [2.75, 3.05) is 0 Å². The van der Waals surface area contributed by atoms with E-state index >= 15 is 0 Å². The molecule has 15 heavy (non-hydrogen) atoms. The number of benzene rings is 1. The maximum Gasteiger partial charge on any atom is 0.164 e. The van der Waals surface area contributed by atoms with Gasteiger partial charge in [0.2, 0.25) is 0 Å². The topological polar surface area (TPSA) is 17.1 Å². The Kier molecular flexibility index (Phi) is 4.68. The lowest BCUT2D eigenvalue weighted by Crippen LogP contribution is -1.99. The van der Waals surface area contributed by atoms with Gasteiger partial charge in [-0.3, -0.25) is 4.79 Å². The monoisotopic (exact) mass is 240 g/mol. The van der Waals surface area contributed by atoms with Crippen molar-refractivity contribution in [3.05, 3.63) is 33.8 Å². The summed E-state index contributed by atoms with van der Waals surface area (Å²) >= 11 is 11.7. The third kappa shape index (κ3) is 3.58. The fraction of sp³-hybridized carbons (Fsp3) is 0.250. The second-order valence-electron chi connectivity index (χ2n) is 3.11. The van der Waals surface area contributed by atoms with E-state index in [9.17, 15) is 4.79 Å². The number of carbonyl (C=O) groups excluding carboxylic acids is 1. The summed E-state index contributed by atoms with van der Waals surface area (Å²) < 4.78 is 0. The first-order valence-corrected chi connectivity index (χ1v) is 5.32. The predicted molar refractivity (Wildman–Crippen MR) is 63.5 cm³/mol. The Bertz CT molecular complexity index is 405. The maximum atomic E-state index is 11.7. The summed E-state index contributed by atoms with van der Waals surface area (Å²) in [5, 5.41) is 0.949. The van der Waals surface area contributed by atoms with Gasteiger partial charge in [0.1, 0.15) is 0 Å². The van der Waals surface area contributed by atoms with Gasteiger partial charge in [-0.05, 0) is 24.6 Å². The van der Waals surface area contributed by atoms with E-state index in [2.05, 4.69) is 5.92 Å². The van der Waals surface area contributed by atoms with E-state index in [0.717, 1.165) is 0 Å². The van der Waals surface area contributed by atoms with Crippen LogP contribution in [0.5, 0.6) is 0 Å². The van der Waals surface area contributed by atoms with Crippen LogP contribution in [0.3, 0.4) is 0 Å². The Balaban J connectivity index is 2.73. The number of hydrogen-bond donors (Lipinski definition) is 0. The molecule has 0 aliphatic carbocycles. The SMILES string of the molecule is C#CCCCC(=O)c1cc(Cl)ccc1Cl. The molecule has 0 atom stereocenters. The average Bonchev–Trinajstić information content (AvgIpc) is 2.22. The second kappa shape index (κ2) is 5.80. The third-order valence-corrected chi connectivity index (χ3v) is 2.52. The molecule has 0 heterocycles. The molecule has 0 bridgehead atoms. The number of hydrogen-bond acceptors (Lipinski definition) is 1. The first-order chi connectivity index (χ1) is 7.15. The van der Waals surface area contributed by atoms with Crippen LogP contribution in [0, 0.1) is 12.3 Å². The zero-order chi connectivity index (χ0) is 11.3. The molecule has 0 unspecified atom stereocenters. The minimum atomic E-state index is -0.0160. The lowest BCUT2D eigenvalue weighted by Gasteiger charge is -2.02. The molecule has 0 aromatic heterocycles. The zero-order valence-electron chi connectivity index (χ0n) is 8.09. The number of unbranched alkanes of at least 4 members (excludes halogenated alkanes) is 1. The van der Waals surface area contributed by atoms with E-state index in [1.54, 1.807) is 18.2 Å². The van der Waals surface area contributed by atoms with Gasteiger partial charge < -0.3 is 0 Å². The summed E-state index contributed by atoms with van der Waals surface area (Å²) in [6, 6.07) is 4.86. The first kappa shape index (κ1) is 12.1. The van der Waals surface area contributed by atoms with Crippen LogP contribution in [0.2, 0.25) is 10.0 Å². The van der Waals surface area contributed by atoms with Crippen LogP contribution in [0.15, 0.2) is 18.2 Å². The molecule has 3 heteroatoms. The van der Waals surface area contributed by atoms with Gasteiger partial charge in [-0.1, -0.05) is 23.2 Å². The van der Waals surface area contributed by atoms with E-state index in [4.69, 9.17) is 29.6 Å². The van der Waals surface area contributed by atoms with Crippen LogP contribution in [0.4, 0.5) is 0 Å². The van der Waals surface area contributed by atoms with Gasteiger partial charge >= 0.3 is 0 Å². The molecule has 0 amide bonds. The van der Waals surface area contributed by atoms with Crippen molar-refractivity contribution < 1.29 is 4.79 Å². The Hall–Kier alpha value is -0.970. The van der Waals surface area contributed by atoms with Crippen molar-refractivity contribution in [2.24, 2.45) is 0 Å². The van der Waals surface area contributed by atoms with Crippen LogP contribution >= 0.6 is 23.2 Å². The van der Waals surface area contributed by atoms with E-state index in [1.807, 2.05) is 0 Å². The van der Waals surface area contributed by atoms with Crippen LogP contribution in [-0.2, 0) is 0 Å². The lowest BCUT2D eigenvalue weighted by molar-refractivity contribution is 0.0981. The maximum absolute atomic E-state index is 11.7. The molecule has 0 saturated carbocycles. The summed E-state index contributed by atoms with van der Waals surface area (Å²) in [6.45, 7) is 0. The van der Waals surface area contributed by atoms with E-state index < -0.39 is 0 Å². The highest BCUT2D eigenvalue weighted by atomic mass is 35.5. The molecule has 0 aliphatic rings. The molecule has 0 fully saturated rings. The zero-order valence-corrected chi connectivity index (χ0v) is 9.61. The lowest BCUT2D eigenvalue weighted by atomic mass is 10.1. The van der Waals surface area contributed by atoms with Gasteiger partial charge in [0.25, 0.3) is 0 Å². The van der Waals surface area contributed by atoms with Crippen molar-refractivity contribution in [3.8, 4) is 12.3 Å². The van der Waals surface area contributed by atoms with Crippen LogP contribution in [0.25, 0.3) is 0 Å². The van der Waals surface area contributed by atoms with Crippen LogP contribution in [-0.4, -0.2) is 5.78 Å². The third-order valence-electron chi connectivity index (χ3n) is 1.95. The summed E-state index contributed by atoms with van der Waals surface area (Å²) in [4.78, 5) is 11.7. The number of ketones is 1. The summed E-state index contributed by atoms with van der Waals surface area (Å²) in [6.07, 6.45) is 6.79. The summed E-state index contributed by atoms with van der Waals surface area (Å²) in [5.41, 5.74) is 0.473. The number of halogens is 2. The van der Waals surface area contributed by atoms with Crippen LogP contribution < -0.4 is 0 Å². The van der Waals surface area contributed by atoms with Gasteiger partial charge in [0.15, 0.2) is 5.78 Å². The van der Waals surface area contributed by atoms with E-state index in [0.29, 0.717) is 34.9 Å². The van der Waals surface area contributed by atoms with Crippen molar-refractivity contribution in [2.45, 2.75) is 19.3 Å². The predicted octanol–water partition coefficient (Wildman–Crippen LogP) is 3.98. The molecule has 1 aromatic rings. The highest BCUT2D eigenvalue weighted by Crippen LogP contribution is 2.22. The van der Waals surface area contributed by atoms with Gasteiger partial charge in [-0.25, -0.2) is 0 Å². The highest BCUT2D eigenvalue weighted by molar-refractivity contribution is 6.35. The first-order valence-electron chi connectivity index (χ1n) is 4.57.